The van der Waals surface area contributed by atoms with Crippen LogP contribution in [0.4, 0.5) is 0 Å². The molecule has 2 aromatic heterocycles. The molecule has 3 aromatic rings. The van der Waals surface area contributed by atoms with Gasteiger partial charge >= 0.3 is 5.90 Å². The predicted molar refractivity (Wildman–Crippen MR) is 105 cm³/mol. The molecule has 1 aliphatic heterocycles. The van der Waals surface area contributed by atoms with E-state index >= 15 is 0 Å². The van der Waals surface area contributed by atoms with Crippen molar-refractivity contribution in [3.05, 3.63) is 66.0 Å². The normalized spacial score (nSPS) is 13.2. The van der Waals surface area contributed by atoms with Crippen LogP contribution < -0.4 is 10.5 Å². The van der Waals surface area contributed by atoms with E-state index < -0.39 is 0 Å². The summed E-state index contributed by atoms with van der Waals surface area (Å²) in [5, 5.41) is 13.8. The minimum atomic E-state index is 0.363. The fourth-order valence-electron chi connectivity index (χ4n) is 2.81. The van der Waals surface area contributed by atoms with Gasteiger partial charge in [0.05, 0.1) is 23.4 Å². The highest BCUT2D eigenvalue weighted by molar-refractivity contribution is 6.10. The molecule has 3 heterocycles. The monoisotopic (exact) mass is 385 g/mol. The number of aromatic nitrogens is 4. The van der Waals surface area contributed by atoms with Gasteiger partial charge in [0.1, 0.15) is 23.6 Å². The van der Waals surface area contributed by atoms with E-state index in [1.165, 1.54) is 0 Å². The van der Waals surface area contributed by atoms with Crippen molar-refractivity contribution in [3.63, 3.8) is 0 Å². The van der Waals surface area contributed by atoms with Crippen molar-refractivity contribution in [2.24, 2.45) is 10.8 Å². The van der Waals surface area contributed by atoms with Crippen molar-refractivity contribution in [2.45, 2.75) is 13.0 Å². The largest absolute Gasteiger partial charge is 0.406 e. The van der Waals surface area contributed by atoms with Crippen LogP contribution in [0.2, 0.25) is 0 Å². The average Bonchev–Trinajstić information content (AvgIpc) is 3.14. The molecule has 2 N–H and O–H groups in total. The lowest BCUT2D eigenvalue weighted by molar-refractivity contribution is -0.506. The van der Waals surface area contributed by atoms with E-state index in [9.17, 15) is 5.26 Å². The summed E-state index contributed by atoms with van der Waals surface area (Å²) < 4.78 is 7.79. The highest BCUT2D eigenvalue weighted by Gasteiger charge is 2.29. The maximum absolute atomic E-state index is 9.29. The molecular weight excluding hydrogens is 368 g/mol. The van der Waals surface area contributed by atoms with Crippen molar-refractivity contribution in [1.29, 1.82) is 5.26 Å². The Kier molecular flexibility index (Phi) is 5.01. The molecule has 1 aliphatic rings. The third-order valence-corrected chi connectivity index (χ3v) is 4.33. The summed E-state index contributed by atoms with van der Waals surface area (Å²) in [7, 11) is 1.79. The number of nitriles is 1. The smallest absolute Gasteiger partial charge is 0.379 e. The van der Waals surface area contributed by atoms with E-state index in [2.05, 4.69) is 31.1 Å². The number of rotatable bonds is 4. The Morgan fingerprint density at radius 2 is 2.00 bits per heavy atom. The molecule has 4 rings (SSSR count). The van der Waals surface area contributed by atoms with E-state index in [1.807, 2.05) is 0 Å². The van der Waals surface area contributed by atoms with Crippen molar-refractivity contribution in [2.75, 3.05) is 7.05 Å². The van der Waals surface area contributed by atoms with E-state index in [0.717, 1.165) is 11.3 Å². The quantitative estimate of drug-likeness (QED) is 0.674. The summed E-state index contributed by atoms with van der Waals surface area (Å²) in [6, 6.07) is 7.26. The van der Waals surface area contributed by atoms with Gasteiger partial charge in [-0.3, -0.25) is 9.97 Å². The third-order valence-electron chi connectivity index (χ3n) is 4.33. The molecule has 0 saturated heterocycles. The first-order chi connectivity index (χ1) is 14.2. The zero-order valence-corrected chi connectivity index (χ0v) is 15.6. The Balaban J connectivity index is 1.64. The SMILES string of the molecule is C[N+]1=C(Oc2cc(C#N)ccc2-c2ncc(CN)cn2)CC(c2cnccn2)=N1. The minimum absolute atomic E-state index is 0.363. The first-order valence-corrected chi connectivity index (χ1v) is 8.84. The molecule has 0 unspecified atom stereocenters. The molecule has 0 radical (unpaired) electrons. The van der Waals surface area contributed by atoms with Gasteiger partial charge in [-0.1, -0.05) is 4.68 Å². The van der Waals surface area contributed by atoms with Gasteiger partial charge < -0.3 is 10.5 Å². The van der Waals surface area contributed by atoms with Gasteiger partial charge in [-0.05, 0) is 18.2 Å². The molecule has 0 fully saturated rings. The van der Waals surface area contributed by atoms with Gasteiger partial charge in [0.15, 0.2) is 12.9 Å². The lowest BCUT2D eigenvalue weighted by Crippen LogP contribution is -2.17. The Hall–Kier alpha value is -4.03. The molecule has 0 amide bonds. The molecule has 1 aromatic carbocycles. The number of hydrogen-bond acceptors (Lipinski definition) is 8. The highest BCUT2D eigenvalue weighted by atomic mass is 16.5. The maximum atomic E-state index is 9.29. The van der Waals surface area contributed by atoms with Crippen LogP contribution in [0.5, 0.6) is 5.75 Å². The fraction of sp³-hybridized carbons (Fsp3) is 0.150. The first kappa shape index (κ1) is 18.3. The predicted octanol–water partition coefficient (Wildman–Crippen LogP) is 1.49. The minimum Gasteiger partial charge on any atom is -0.406 e. The van der Waals surface area contributed by atoms with Crippen LogP contribution in [0.1, 0.15) is 23.2 Å². The van der Waals surface area contributed by atoms with E-state index in [0.29, 0.717) is 47.3 Å². The molecular formula is C20H17N8O+. The number of ether oxygens (including phenoxy) is 1. The molecule has 0 atom stereocenters. The molecule has 9 nitrogen and oxygen atoms in total. The van der Waals surface area contributed by atoms with Crippen LogP contribution in [0.3, 0.4) is 0 Å². The molecule has 0 spiro atoms. The van der Waals surface area contributed by atoms with Crippen LogP contribution in [-0.4, -0.2) is 43.3 Å². The van der Waals surface area contributed by atoms with Gasteiger partial charge in [0.25, 0.3) is 0 Å². The van der Waals surface area contributed by atoms with Gasteiger partial charge in [-0.2, -0.15) is 5.26 Å². The molecule has 142 valence electrons. The fourth-order valence-corrected chi connectivity index (χ4v) is 2.81. The Labute approximate surface area is 166 Å². The van der Waals surface area contributed by atoms with Crippen LogP contribution in [0, 0.1) is 11.3 Å². The summed E-state index contributed by atoms with van der Waals surface area (Å²) in [5.41, 5.74) is 9.02. The van der Waals surface area contributed by atoms with E-state index in [-0.39, 0.29) is 0 Å². The van der Waals surface area contributed by atoms with Crippen molar-refractivity contribution >= 4 is 11.6 Å². The second-order valence-corrected chi connectivity index (χ2v) is 6.28. The van der Waals surface area contributed by atoms with Crippen molar-refractivity contribution in [1.82, 2.24) is 19.9 Å². The summed E-state index contributed by atoms with van der Waals surface area (Å²) in [5.74, 6) is 1.56. The number of hydrogen-bond donors (Lipinski definition) is 1. The van der Waals surface area contributed by atoms with E-state index in [4.69, 9.17) is 10.5 Å². The lowest BCUT2D eigenvalue weighted by Gasteiger charge is -2.09. The van der Waals surface area contributed by atoms with Crippen LogP contribution >= 0.6 is 0 Å². The van der Waals surface area contributed by atoms with Crippen LogP contribution in [0.15, 0.2) is 54.3 Å². The standard InChI is InChI=1S/C20H17N8O/c1-28-19(7-16(27-28)17-12-23-4-5-24-17)29-18-6-13(8-21)2-3-15(18)20-25-10-14(9-22)11-26-20/h2-6,10-12H,7,9,22H2,1H3/q+1. The topological polar surface area (TPSA) is 126 Å². The van der Waals surface area contributed by atoms with Gasteiger partial charge in [-0.15, -0.1) is 0 Å². The summed E-state index contributed by atoms with van der Waals surface area (Å²) in [6.45, 7) is 0.363. The zero-order valence-electron chi connectivity index (χ0n) is 15.6. The van der Waals surface area contributed by atoms with Gasteiger partial charge in [0.2, 0.25) is 0 Å². The highest BCUT2D eigenvalue weighted by Crippen LogP contribution is 2.29. The zero-order chi connectivity index (χ0) is 20.2. The molecule has 29 heavy (non-hydrogen) atoms. The molecule has 0 saturated carbocycles. The Bertz CT molecular complexity index is 1150. The van der Waals surface area contributed by atoms with Crippen molar-refractivity contribution in [3.8, 4) is 23.2 Å². The van der Waals surface area contributed by atoms with E-state index in [1.54, 1.807) is 60.9 Å². The summed E-state index contributed by atoms with van der Waals surface area (Å²) in [6.07, 6.45) is 8.68. The van der Waals surface area contributed by atoms with Crippen LogP contribution in [0.25, 0.3) is 11.4 Å². The van der Waals surface area contributed by atoms with Gasteiger partial charge in [-0.25, -0.2) is 9.97 Å². The lowest BCUT2D eigenvalue weighted by atomic mass is 10.1. The number of nitrogens with two attached hydrogens (primary N) is 1. The number of benzene rings is 1. The second-order valence-electron chi connectivity index (χ2n) is 6.28. The average molecular weight is 385 g/mol. The van der Waals surface area contributed by atoms with Gasteiger partial charge in [0, 0.05) is 42.0 Å². The third kappa shape index (κ3) is 3.83. The first-order valence-electron chi connectivity index (χ1n) is 8.84. The molecule has 0 aliphatic carbocycles. The summed E-state index contributed by atoms with van der Waals surface area (Å²) in [4.78, 5) is 17.1. The Morgan fingerprint density at radius 1 is 1.17 bits per heavy atom. The van der Waals surface area contributed by atoms with Crippen molar-refractivity contribution < 1.29 is 9.42 Å². The second kappa shape index (κ2) is 7.92. The van der Waals surface area contributed by atoms with Crippen LogP contribution in [-0.2, 0) is 6.54 Å². The number of nitrogens with zero attached hydrogens (tertiary/aromatic N) is 7. The molecule has 9 heteroatoms. The Morgan fingerprint density at radius 3 is 2.69 bits per heavy atom. The molecule has 0 bridgehead atoms. The summed E-state index contributed by atoms with van der Waals surface area (Å²) >= 11 is 0. The maximum Gasteiger partial charge on any atom is 0.379 e. The number of hydrazone groups is 1.